The molecule has 0 aromatic heterocycles. The summed E-state index contributed by atoms with van der Waals surface area (Å²) in [7, 11) is 0. The molecule has 1 heterocycles. The number of fused-ring (bicyclic) bond motifs is 1. The number of hydrogen-bond acceptors (Lipinski definition) is 4. The number of barbiturate groups is 1. The first-order valence-electron chi connectivity index (χ1n) is 8.82. The number of carbonyl (C=O) groups is 3. The van der Waals surface area contributed by atoms with E-state index in [0.29, 0.717) is 11.4 Å². The Balaban J connectivity index is 1.67. The van der Waals surface area contributed by atoms with Crippen LogP contribution >= 0.6 is 0 Å². The Morgan fingerprint density at radius 1 is 0.929 bits per heavy atom. The van der Waals surface area contributed by atoms with E-state index in [2.05, 4.69) is 10.3 Å². The van der Waals surface area contributed by atoms with Crippen molar-refractivity contribution in [3.05, 3.63) is 72.3 Å². The molecule has 0 spiro atoms. The standard InChI is InChI=1S/C22H17N3O3/c1-14-9-11-16(12-10-14)25-21(27)18(20(26)24-22(25)28)13-23-19-8-4-6-15-5-2-3-7-17(15)19/h2-13,18H,1H3,(H,24,26,28)/t18-/m1/s1. The maximum atomic E-state index is 12.9. The highest BCUT2D eigenvalue weighted by Crippen LogP contribution is 2.26. The monoisotopic (exact) mass is 371 g/mol. The molecule has 4 amide bonds. The number of carbonyl (C=O) groups excluding carboxylic acids is 3. The third kappa shape index (κ3) is 3.16. The summed E-state index contributed by atoms with van der Waals surface area (Å²) in [6.07, 6.45) is 1.30. The van der Waals surface area contributed by atoms with Gasteiger partial charge in [-0.1, -0.05) is 54.1 Å². The van der Waals surface area contributed by atoms with Gasteiger partial charge in [0.2, 0.25) is 5.91 Å². The van der Waals surface area contributed by atoms with Crippen molar-refractivity contribution in [2.24, 2.45) is 10.9 Å². The van der Waals surface area contributed by atoms with E-state index < -0.39 is 23.8 Å². The number of hydrogen-bond donors (Lipinski definition) is 1. The fraction of sp³-hybridized carbons (Fsp3) is 0.0909. The maximum absolute atomic E-state index is 12.9. The number of imide groups is 2. The molecule has 0 aliphatic carbocycles. The van der Waals surface area contributed by atoms with Crippen LogP contribution in [0.15, 0.2) is 71.7 Å². The van der Waals surface area contributed by atoms with Crippen LogP contribution in [-0.2, 0) is 9.59 Å². The van der Waals surface area contributed by atoms with Crippen molar-refractivity contribution in [1.82, 2.24) is 5.32 Å². The van der Waals surface area contributed by atoms with E-state index in [1.807, 2.05) is 49.4 Å². The molecule has 1 fully saturated rings. The molecule has 0 unspecified atom stereocenters. The Morgan fingerprint density at radius 2 is 1.64 bits per heavy atom. The fourth-order valence-corrected chi connectivity index (χ4v) is 3.14. The second-order valence-electron chi connectivity index (χ2n) is 6.56. The van der Waals surface area contributed by atoms with E-state index in [4.69, 9.17) is 0 Å². The van der Waals surface area contributed by atoms with Gasteiger partial charge in [0.05, 0.1) is 11.4 Å². The highest BCUT2D eigenvalue weighted by molar-refractivity contribution is 6.32. The summed E-state index contributed by atoms with van der Waals surface area (Å²) < 4.78 is 0. The minimum absolute atomic E-state index is 0.407. The molecule has 0 bridgehead atoms. The van der Waals surface area contributed by atoms with Crippen molar-refractivity contribution in [2.45, 2.75) is 6.92 Å². The molecule has 1 N–H and O–H groups in total. The van der Waals surface area contributed by atoms with Crippen LogP contribution in [0, 0.1) is 12.8 Å². The molecule has 1 aliphatic rings. The topological polar surface area (TPSA) is 78.8 Å². The molecule has 0 radical (unpaired) electrons. The van der Waals surface area contributed by atoms with Crippen molar-refractivity contribution in [2.75, 3.05) is 4.90 Å². The molecule has 3 aromatic rings. The quantitative estimate of drug-likeness (QED) is 0.562. The predicted molar refractivity (Wildman–Crippen MR) is 108 cm³/mol. The third-order valence-electron chi connectivity index (χ3n) is 4.62. The molecule has 0 saturated carbocycles. The number of anilines is 1. The molecule has 6 heteroatoms. The zero-order chi connectivity index (χ0) is 19.7. The SMILES string of the molecule is Cc1ccc(N2C(=O)NC(=O)[C@@H](C=Nc3cccc4ccccc34)C2=O)cc1. The Morgan fingerprint density at radius 3 is 2.43 bits per heavy atom. The summed E-state index contributed by atoms with van der Waals surface area (Å²) in [5.74, 6) is -2.48. The summed E-state index contributed by atoms with van der Waals surface area (Å²) in [6, 6.07) is 19.5. The van der Waals surface area contributed by atoms with Crippen LogP contribution in [0.4, 0.5) is 16.2 Å². The van der Waals surface area contributed by atoms with Gasteiger partial charge in [0.1, 0.15) is 0 Å². The van der Waals surface area contributed by atoms with Gasteiger partial charge in [0.25, 0.3) is 5.91 Å². The van der Waals surface area contributed by atoms with Gasteiger partial charge >= 0.3 is 6.03 Å². The van der Waals surface area contributed by atoms with Crippen molar-refractivity contribution in [3.8, 4) is 0 Å². The van der Waals surface area contributed by atoms with Gasteiger partial charge in [0, 0.05) is 11.6 Å². The van der Waals surface area contributed by atoms with Gasteiger partial charge in [-0.05, 0) is 30.5 Å². The fourth-order valence-electron chi connectivity index (χ4n) is 3.14. The third-order valence-corrected chi connectivity index (χ3v) is 4.62. The Labute approximate surface area is 161 Å². The highest BCUT2D eigenvalue weighted by atomic mass is 16.2. The number of nitrogens with one attached hydrogen (secondary N) is 1. The maximum Gasteiger partial charge on any atom is 0.335 e. The Kier molecular flexibility index (Phi) is 4.45. The molecule has 28 heavy (non-hydrogen) atoms. The van der Waals surface area contributed by atoms with E-state index in [1.54, 1.807) is 24.3 Å². The van der Waals surface area contributed by atoms with Crippen LogP contribution < -0.4 is 10.2 Å². The van der Waals surface area contributed by atoms with Crippen LogP contribution in [0.5, 0.6) is 0 Å². The van der Waals surface area contributed by atoms with Crippen molar-refractivity contribution >= 4 is 46.2 Å². The molecule has 6 nitrogen and oxygen atoms in total. The van der Waals surface area contributed by atoms with Gasteiger partial charge in [-0.3, -0.25) is 19.9 Å². The van der Waals surface area contributed by atoms with E-state index in [0.717, 1.165) is 21.2 Å². The molecule has 1 saturated heterocycles. The van der Waals surface area contributed by atoms with Crippen molar-refractivity contribution < 1.29 is 14.4 Å². The lowest BCUT2D eigenvalue weighted by Crippen LogP contribution is -2.58. The molecule has 1 atom stereocenters. The highest BCUT2D eigenvalue weighted by Gasteiger charge is 2.40. The van der Waals surface area contributed by atoms with E-state index in [1.165, 1.54) is 6.21 Å². The lowest BCUT2D eigenvalue weighted by molar-refractivity contribution is -0.131. The second-order valence-corrected chi connectivity index (χ2v) is 6.56. The molecular weight excluding hydrogens is 354 g/mol. The number of amides is 4. The normalized spacial score (nSPS) is 17.4. The number of nitrogens with zero attached hydrogens (tertiary/aromatic N) is 2. The van der Waals surface area contributed by atoms with Gasteiger partial charge in [-0.2, -0.15) is 0 Å². The second kappa shape index (κ2) is 7.08. The summed E-state index contributed by atoms with van der Waals surface area (Å²) in [5, 5.41) is 4.15. The molecule has 3 aromatic carbocycles. The zero-order valence-corrected chi connectivity index (χ0v) is 15.1. The molecule has 4 rings (SSSR count). The average Bonchev–Trinajstić information content (AvgIpc) is 2.69. The molecule has 1 aliphatic heterocycles. The van der Waals surface area contributed by atoms with Crippen molar-refractivity contribution in [1.29, 1.82) is 0 Å². The summed E-state index contributed by atoms with van der Waals surface area (Å²) in [5.41, 5.74) is 2.06. The van der Waals surface area contributed by atoms with E-state index in [-0.39, 0.29) is 0 Å². The minimum Gasteiger partial charge on any atom is -0.276 e. The van der Waals surface area contributed by atoms with Gasteiger partial charge in [-0.25, -0.2) is 9.69 Å². The average molecular weight is 371 g/mol. The largest absolute Gasteiger partial charge is 0.335 e. The lowest BCUT2D eigenvalue weighted by atomic mass is 10.0. The number of rotatable bonds is 3. The first kappa shape index (κ1) is 17.6. The van der Waals surface area contributed by atoms with Crippen molar-refractivity contribution in [3.63, 3.8) is 0 Å². The van der Waals surface area contributed by atoms with Gasteiger partial charge in [0.15, 0.2) is 5.92 Å². The Hall–Kier alpha value is -3.80. The van der Waals surface area contributed by atoms with Gasteiger partial charge < -0.3 is 0 Å². The smallest absolute Gasteiger partial charge is 0.276 e. The first-order valence-corrected chi connectivity index (χ1v) is 8.82. The summed E-state index contributed by atoms with van der Waals surface area (Å²) >= 11 is 0. The first-order chi connectivity index (χ1) is 13.5. The van der Waals surface area contributed by atoms with E-state index >= 15 is 0 Å². The minimum atomic E-state index is -1.18. The predicted octanol–water partition coefficient (Wildman–Crippen LogP) is 3.75. The number of aliphatic imine (C=N–C) groups is 1. The van der Waals surface area contributed by atoms with Crippen LogP contribution in [0.2, 0.25) is 0 Å². The summed E-state index contributed by atoms with van der Waals surface area (Å²) in [4.78, 5) is 42.7. The number of aryl methyl sites for hydroxylation is 1. The van der Waals surface area contributed by atoms with E-state index in [9.17, 15) is 14.4 Å². The van der Waals surface area contributed by atoms with Gasteiger partial charge in [-0.15, -0.1) is 0 Å². The molecule has 138 valence electrons. The Bertz CT molecular complexity index is 1110. The van der Waals surface area contributed by atoms with Crippen LogP contribution in [-0.4, -0.2) is 24.1 Å². The molecular formula is C22H17N3O3. The van der Waals surface area contributed by atoms with Crippen LogP contribution in [0.3, 0.4) is 0 Å². The van der Waals surface area contributed by atoms with Crippen LogP contribution in [0.1, 0.15) is 5.56 Å². The van der Waals surface area contributed by atoms with Crippen LogP contribution in [0.25, 0.3) is 10.8 Å². The zero-order valence-electron chi connectivity index (χ0n) is 15.1. The number of benzene rings is 3. The number of urea groups is 1. The summed E-state index contributed by atoms with van der Waals surface area (Å²) in [6.45, 7) is 1.91. The lowest BCUT2D eigenvalue weighted by Gasteiger charge is -2.28.